The van der Waals surface area contributed by atoms with E-state index in [9.17, 15) is 9.90 Å². The summed E-state index contributed by atoms with van der Waals surface area (Å²) in [4.78, 5) is 14.4. The van der Waals surface area contributed by atoms with Crippen molar-refractivity contribution >= 4 is 5.91 Å². The van der Waals surface area contributed by atoms with Crippen LogP contribution < -0.4 is 0 Å². The van der Waals surface area contributed by atoms with E-state index >= 15 is 0 Å². The van der Waals surface area contributed by atoms with E-state index in [-0.39, 0.29) is 17.4 Å². The van der Waals surface area contributed by atoms with E-state index in [1.54, 1.807) is 0 Å². The fourth-order valence-electron chi connectivity index (χ4n) is 2.74. The summed E-state index contributed by atoms with van der Waals surface area (Å²) in [7, 11) is 0. The van der Waals surface area contributed by atoms with Gasteiger partial charge in [0.1, 0.15) is 0 Å². The van der Waals surface area contributed by atoms with Crippen LogP contribution in [0.5, 0.6) is 0 Å². The highest BCUT2D eigenvalue weighted by molar-refractivity contribution is 5.95. The van der Waals surface area contributed by atoms with Gasteiger partial charge in [-0.2, -0.15) is 0 Å². The molecule has 0 aromatic heterocycles. The normalized spacial score (nSPS) is 22.4. The Bertz CT molecular complexity index is 494. The molecule has 19 heavy (non-hydrogen) atoms. The Hall–Kier alpha value is -1.35. The molecule has 1 aliphatic rings. The number of piperidine rings is 1. The van der Waals surface area contributed by atoms with E-state index in [1.807, 2.05) is 50.8 Å². The van der Waals surface area contributed by atoms with Crippen molar-refractivity contribution in [2.24, 2.45) is 5.41 Å². The van der Waals surface area contributed by atoms with E-state index in [2.05, 4.69) is 0 Å². The maximum absolute atomic E-state index is 12.6. The second-order valence-electron chi connectivity index (χ2n) is 6.34. The minimum Gasteiger partial charge on any atom is -0.392 e. The van der Waals surface area contributed by atoms with Crippen molar-refractivity contribution < 1.29 is 9.90 Å². The van der Waals surface area contributed by atoms with E-state index in [0.717, 1.165) is 11.1 Å². The average molecular weight is 261 g/mol. The lowest BCUT2D eigenvalue weighted by Gasteiger charge is -2.41. The number of hydrogen-bond donors (Lipinski definition) is 1. The fourth-order valence-corrected chi connectivity index (χ4v) is 2.74. The number of nitrogens with zero attached hydrogens (tertiary/aromatic N) is 1. The van der Waals surface area contributed by atoms with Crippen molar-refractivity contribution in [2.45, 2.75) is 40.2 Å². The second kappa shape index (κ2) is 4.97. The van der Waals surface area contributed by atoms with Crippen molar-refractivity contribution in [1.82, 2.24) is 4.90 Å². The first-order valence-electron chi connectivity index (χ1n) is 6.86. The molecule has 1 aromatic carbocycles. The lowest BCUT2D eigenvalue weighted by molar-refractivity contribution is -0.0182. The third-order valence-electron chi connectivity index (χ3n) is 4.07. The highest BCUT2D eigenvalue weighted by atomic mass is 16.3. The molecule has 1 saturated heterocycles. The number of aliphatic hydroxyl groups excluding tert-OH is 1. The Morgan fingerprint density at radius 1 is 1.37 bits per heavy atom. The van der Waals surface area contributed by atoms with E-state index < -0.39 is 0 Å². The number of carbonyl (C=O) groups excluding carboxylic acids is 1. The summed E-state index contributed by atoms with van der Waals surface area (Å²) in [5, 5.41) is 9.96. The standard InChI is InChI=1S/C16H23NO2/c1-11-5-6-13(12(2)9-11)15(19)17-8-7-14(18)16(3,4)10-17/h5-6,9,14,18H,7-8,10H2,1-4H3. The van der Waals surface area contributed by atoms with Gasteiger partial charge in [-0.1, -0.05) is 31.5 Å². The molecule has 0 bridgehead atoms. The van der Waals surface area contributed by atoms with Crippen LogP contribution in [-0.4, -0.2) is 35.1 Å². The third-order valence-corrected chi connectivity index (χ3v) is 4.07. The molecule has 0 aliphatic carbocycles. The first kappa shape index (κ1) is 14.1. The Kier molecular flexibility index (Phi) is 3.68. The van der Waals surface area contributed by atoms with Gasteiger partial charge in [-0.25, -0.2) is 0 Å². The zero-order valence-electron chi connectivity index (χ0n) is 12.2. The minimum absolute atomic E-state index is 0.0810. The van der Waals surface area contributed by atoms with Gasteiger partial charge in [-0.15, -0.1) is 0 Å². The summed E-state index contributed by atoms with van der Waals surface area (Å²) in [6.07, 6.45) is 0.333. The summed E-state index contributed by atoms with van der Waals surface area (Å²) >= 11 is 0. The molecule has 104 valence electrons. The van der Waals surface area contributed by atoms with Gasteiger partial charge in [0.05, 0.1) is 6.10 Å². The number of aliphatic hydroxyl groups is 1. The van der Waals surface area contributed by atoms with Crippen LogP contribution >= 0.6 is 0 Å². The number of carbonyl (C=O) groups is 1. The summed E-state index contributed by atoms with van der Waals surface area (Å²) in [6.45, 7) is 9.28. The molecule has 3 heteroatoms. The SMILES string of the molecule is Cc1ccc(C(=O)N2CCC(O)C(C)(C)C2)c(C)c1. The van der Waals surface area contributed by atoms with Crippen LogP contribution in [0, 0.1) is 19.3 Å². The van der Waals surface area contributed by atoms with Crippen molar-refractivity contribution in [3.05, 3.63) is 34.9 Å². The summed E-state index contributed by atoms with van der Waals surface area (Å²) in [6, 6.07) is 5.92. The Labute approximate surface area is 115 Å². The van der Waals surface area contributed by atoms with Gasteiger partial charge < -0.3 is 10.0 Å². The molecule has 1 aliphatic heterocycles. The second-order valence-corrected chi connectivity index (χ2v) is 6.34. The van der Waals surface area contributed by atoms with Gasteiger partial charge >= 0.3 is 0 Å². The summed E-state index contributed by atoms with van der Waals surface area (Å²) in [5.74, 6) is 0.0810. The molecule has 1 aromatic rings. The van der Waals surface area contributed by atoms with Crippen molar-refractivity contribution in [2.75, 3.05) is 13.1 Å². The molecule has 1 N–H and O–H groups in total. The molecular weight excluding hydrogens is 238 g/mol. The fraction of sp³-hybridized carbons (Fsp3) is 0.562. The molecule has 1 heterocycles. The molecule has 1 amide bonds. The minimum atomic E-state index is -0.323. The molecule has 3 nitrogen and oxygen atoms in total. The van der Waals surface area contributed by atoms with Crippen LogP contribution in [0.15, 0.2) is 18.2 Å². The van der Waals surface area contributed by atoms with Gasteiger partial charge in [0, 0.05) is 24.1 Å². The quantitative estimate of drug-likeness (QED) is 0.844. The molecule has 0 radical (unpaired) electrons. The smallest absolute Gasteiger partial charge is 0.254 e. The van der Waals surface area contributed by atoms with Crippen LogP contribution in [-0.2, 0) is 0 Å². The van der Waals surface area contributed by atoms with Crippen LogP contribution in [0.25, 0.3) is 0 Å². The van der Waals surface area contributed by atoms with E-state index in [0.29, 0.717) is 19.5 Å². The number of likely N-dealkylation sites (tertiary alicyclic amines) is 1. The van der Waals surface area contributed by atoms with E-state index in [4.69, 9.17) is 0 Å². The summed E-state index contributed by atoms with van der Waals surface area (Å²) in [5.41, 5.74) is 2.74. The Balaban J connectivity index is 2.21. The van der Waals surface area contributed by atoms with Crippen molar-refractivity contribution in [3.63, 3.8) is 0 Å². The topological polar surface area (TPSA) is 40.5 Å². The molecule has 1 atom stereocenters. The first-order chi connectivity index (χ1) is 8.81. The van der Waals surface area contributed by atoms with Crippen LogP contribution in [0.2, 0.25) is 0 Å². The number of benzene rings is 1. The molecular formula is C16H23NO2. The van der Waals surface area contributed by atoms with Gasteiger partial charge in [0.25, 0.3) is 5.91 Å². The number of rotatable bonds is 1. The highest BCUT2D eigenvalue weighted by Crippen LogP contribution is 2.30. The van der Waals surface area contributed by atoms with Gasteiger partial charge in [-0.3, -0.25) is 4.79 Å². The lowest BCUT2D eigenvalue weighted by atomic mass is 9.81. The molecule has 1 unspecified atom stereocenters. The van der Waals surface area contributed by atoms with Crippen molar-refractivity contribution in [1.29, 1.82) is 0 Å². The third kappa shape index (κ3) is 2.81. The predicted octanol–water partition coefficient (Wildman–Crippen LogP) is 2.54. The van der Waals surface area contributed by atoms with Crippen LogP contribution in [0.3, 0.4) is 0 Å². The average Bonchev–Trinajstić information content (AvgIpc) is 2.32. The van der Waals surface area contributed by atoms with Crippen LogP contribution in [0.1, 0.15) is 41.8 Å². The van der Waals surface area contributed by atoms with E-state index in [1.165, 1.54) is 5.56 Å². The maximum Gasteiger partial charge on any atom is 0.254 e. The van der Waals surface area contributed by atoms with Gasteiger partial charge in [-0.05, 0) is 31.9 Å². The largest absolute Gasteiger partial charge is 0.392 e. The molecule has 0 spiro atoms. The number of aryl methyl sites for hydroxylation is 2. The van der Waals surface area contributed by atoms with Gasteiger partial charge in [0.15, 0.2) is 0 Å². The zero-order chi connectivity index (χ0) is 14.2. The first-order valence-corrected chi connectivity index (χ1v) is 6.86. The van der Waals surface area contributed by atoms with Gasteiger partial charge in [0.2, 0.25) is 0 Å². The number of hydrogen-bond acceptors (Lipinski definition) is 2. The molecule has 1 fully saturated rings. The predicted molar refractivity (Wildman–Crippen MR) is 76.2 cm³/mol. The highest BCUT2D eigenvalue weighted by Gasteiger charge is 2.36. The lowest BCUT2D eigenvalue weighted by Crippen LogP contribution is -2.50. The molecule has 0 saturated carbocycles. The maximum atomic E-state index is 12.6. The monoisotopic (exact) mass is 261 g/mol. The van der Waals surface area contributed by atoms with Crippen molar-refractivity contribution in [3.8, 4) is 0 Å². The Morgan fingerprint density at radius 2 is 2.05 bits per heavy atom. The Morgan fingerprint density at radius 3 is 2.63 bits per heavy atom. The zero-order valence-corrected chi connectivity index (χ0v) is 12.2. The summed E-state index contributed by atoms with van der Waals surface area (Å²) < 4.78 is 0. The molecule has 2 rings (SSSR count). The number of amides is 1. The van der Waals surface area contributed by atoms with Crippen LogP contribution in [0.4, 0.5) is 0 Å².